The van der Waals surface area contributed by atoms with Gasteiger partial charge in [-0.1, -0.05) is 31.9 Å². The summed E-state index contributed by atoms with van der Waals surface area (Å²) in [5.41, 5.74) is 0.947. The van der Waals surface area contributed by atoms with E-state index < -0.39 is 0 Å². The molecule has 0 fully saturated rings. The highest BCUT2D eigenvalue weighted by Crippen LogP contribution is 2.25. The van der Waals surface area contributed by atoms with Gasteiger partial charge < -0.3 is 10.6 Å². The molecule has 2 unspecified atom stereocenters. The largest absolute Gasteiger partial charge is 0.352 e. The Morgan fingerprint density at radius 3 is 2.91 bits per heavy atom. The highest BCUT2D eigenvalue weighted by molar-refractivity contribution is 7.18. The molecule has 1 heterocycles. The van der Waals surface area contributed by atoms with E-state index in [2.05, 4.69) is 29.5 Å². The molecule has 1 amide bonds. The summed E-state index contributed by atoms with van der Waals surface area (Å²) < 4.78 is 1.07. The van der Waals surface area contributed by atoms with Crippen molar-refractivity contribution in [3.63, 3.8) is 0 Å². The SMILES string of the molecule is CCC(C)C(CNC)NC(=O)CCc1nc2ccc(Cl)cc2s1. The standard InChI is InChI=1S/C17H24ClN3OS/c1-4-11(2)14(10-19-3)20-16(22)7-8-17-21-13-6-5-12(18)9-15(13)23-17/h5-6,9,11,14,19H,4,7-8,10H2,1-3H3,(H,20,22). The Kier molecular flexibility index (Phi) is 6.81. The fraction of sp³-hybridized carbons (Fsp3) is 0.529. The van der Waals surface area contributed by atoms with E-state index in [9.17, 15) is 4.79 Å². The average molecular weight is 354 g/mol. The second-order valence-electron chi connectivity index (χ2n) is 5.84. The molecule has 23 heavy (non-hydrogen) atoms. The Bertz CT molecular complexity index is 658. The van der Waals surface area contributed by atoms with Crippen LogP contribution in [0.15, 0.2) is 18.2 Å². The van der Waals surface area contributed by atoms with Gasteiger partial charge in [-0.15, -0.1) is 11.3 Å². The number of benzene rings is 1. The number of aromatic nitrogens is 1. The van der Waals surface area contributed by atoms with Gasteiger partial charge in [0.15, 0.2) is 0 Å². The summed E-state index contributed by atoms with van der Waals surface area (Å²) in [6.07, 6.45) is 2.17. The predicted molar refractivity (Wildman–Crippen MR) is 98.3 cm³/mol. The van der Waals surface area contributed by atoms with Crippen molar-refractivity contribution in [1.29, 1.82) is 0 Å². The Morgan fingerprint density at radius 1 is 1.43 bits per heavy atom. The van der Waals surface area contributed by atoms with E-state index in [0.29, 0.717) is 23.8 Å². The zero-order valence-corrected chi connectivity index (χ0v) is 15.4. The van der Waals surface area contributed by atoms with Gasteiger partial charge in [-0.25, -0.2) is 4.98 Å². The smallest absolute Gasteiger partial charge is 0.220 e. The minimum Gasteiger partial charge on any atom is -0.352 e. The molecule has 0 spiro atoms. The summed E-state index contributed by atoms with van der Waals surface area (Å²) in [6.45, 7) is 5.10. The van der Waals surface area contributed by atoms with Crippen molar-refractivity contribution in [3.05, 3.63) is 28.2 Å². The number of halogens is 1. The lowest BCUT2D eigenvalue weighted by atomic mass is 9.99. The van der Waals surface area contributed by atoms with Crippen molar-refractivity contribution >= 4 is 39.1 Å². The summed E-state index contributed by atoms with van der Waals surface area (Å²) in [5, 5.41) is 7.98. The van der Waals surface area contributed by atoms with Gasteiger partial charge in [0.25, 0.3) is 0 Å². The maximum Gasteiger partial charge on any atom is 0.220 e. The fourth-order valence-electron chi connectivity index (χ4n) is 2.45. The zero-order valence-electron chi connectivity index (χ0n) is 13.9. The van der Waals surface area contributed by atoms with Crippen molar-refractivity contribution in [3.8, 4) is 0 Å². The van der Waals surface area contributed by atoms with Crippen molar-refractivity contribution in [2.45, 2.75) is 39.2 Å². The molecule has 2 atom stereocenters. The van der Waals surface area contributed by atoms with Crippen LogP contribution < -0.4 is 10.6 Å². The third kappa shape index (κ3) is 5.16. The number of nitrogens with zero attached hydrogens (tertiary/aromatic N) is 1. The first kappa shape index (κ1) is 18.2. The van der Waals surface area contributed by atoms with E-state index >= 15 is 0 Å². The van der Waals surface area contributed by atoms with Crippen LogP contribution in [0.25, 0.3) is 10.2 Å². The van der Waals surface area contributed by atoms with Crippen LogP contribution in [0.3, 0.4) is 0 Å². The molecular formula is C17H24ClN3OS. The number of hydrogen-bond acceptors (Lipinski definition) is 4. The number of aryl methyl sites for hydroxylation is 1. The first-order valence-electron chi connectivity index (χ1n) is 8.02. The second-order valence-corrected chi connectivity index (χ2v) is 7.39. The molecule has 0 bridgehead atoms. The number of carbonyl (C=O) groups excluding carboxylic acids is 1. The summed E-state index contributed by atoms with van der Waals surface area (Å²) in [5.74, 6) is 0.541. The minimum absolute atomic E-state index is 0.0860. The number of carbonyl (C=O) groups is 1. The van der Waals surface area contributed by atoms with Crippen LogP contribution in [0, 0.1) is 5.92 Å². The van der Waals surface area contributed by atoms with Gasteiger partial charge in [-0.3, -0.25) is 4.79 Å². The molecule has 2 rings (SSSR count). The minimum atomic E-state index is 0.0860. The van der Waals surface area contributed by atoms with Crippen molar-refractivity contribution in [2.24, 2.45) is 5.92 Å². The monoisotopic (exact) mass is 353 g/mol. The fourth-order valence-corrected chi connectivity index (χ4v) is 3.69. The summed E-state index contributed by atoms with van der Waals surface area (Å²) >= 11 is 7.60. The molecule has 0 saturated carbocycles. The molecule has 1 aromatic heterocycles. The molecule has 6 heteroatoms. The first-order chi connectivity index (χ1) is 11.0. The van der Waals surface area contributed by atoms with E-state index in [1.54, 1.807) is 11.3 Å². The van der Waals surface area contributed by atoms with Gasteiger partial charge in [0.2, 0.25) is 5.91 Å². The van der Waals surface area contributed by atoms with Crippen LogP contribution in [0.2, 0.25) is 5.02 Å². The second kappa shape index (κ2) is 8.62. The molecule has 1 aromatic carbocycles. The van der Waals surface area contributed by atoms with Crippen molar-refractivity contribution in [2.75, 3.05) is 13.6 Å². The predicted octanol–water partition coefficient (Wildman–Crippen LogP) is 3.63. The Balaban J connectivity index is 1.91. The van der Waals surface area contributed by atoms with Crippen molar-refractivity contribution in [1.82, 2.24) is 15.6 Å². The lowest BCUT2D eigenvalue weighted by Crippen LogP contribution is -2.45. The summed E-state index contributed by atoms with van der Waals surface area (Å²) in [4.78, 5) is 16.8. The van der Waals surface area contributed by atoms with E-state index in [1.165, 1.54) is 0 Å². The molecule has 0 radical (unpaired) electrons. The van der Waals surface area contributed by atoms with Gasteiger partial charge in [0.05, 0.1) is 15.2 Å². The first-order valence-corrected chi connectivity index (χ1v) is 9.21. The van der Waals surface area contributed by atoms with Crippen LogP contribution in [0.1, 0.15) is 31.7 Å². The number of rotatable bonds is 8. The quantitative estimate of drug-likeness (QED) is 0.761. The van der Waals surface area contributed by atoms with Gasteiger partial charge in [-0.2, -0.15) is 0 Å². The van der Waals surface area contributed by atoms with Gasteiger partial charge >= 0.3 is 0 Å². The number of nitrogens with one attached hydrogen (secondary N) is 2. The van der Waals surface area contributed by atoms with E-state index in [0.717, 1.165) is 28.2 Å². The molecule has 0 aliphatic heterocycles. The lowest BCUT2D eigenvalue weighted by molar-refractivity contribution is -0.122. The molecular weight excluding hydrogens is 330 g/mol. The molecule has 4 nitrogen and oxygen atoms in total. The molecule has 0 aliphatic rings. The van der Waals surface area contributed by atoms with Crippen molar-refractivity contribution < 1.29 is 4.79 Å². The van der Waals surface area contributed by atoms with Crippen LogP contribution >= 0.6 is 22.9 Å². The molecule has 126 valence electrons. The van der Waals surface area contributed by atoms with Gasteiger partial charge in [-0.05, 0) is 31.2 Å². The van der Waals surface area contributed by atoms with E-state index in [-0.39, 0.29) is 11.9 Å². The van der Waals surface area contributed by atoms with Crippen LogP contribution in [-0.4, -0.2) is 30.5 Å². The van der Waals surface area contributed by atoms with Crippen LogP contribution in [0.5, 0.6) is 0 Å². The number of fused-ring (bicyclic) bond motifs is 1. The number of likely N-dealkylation sites (N-methyl/N-ethyl adjacent to an activating group) is 1. The van der Waals surface area contributed by atoms with Gasteiger partial charge in [0.1, 0.15) is 0 Å². The summed E-state index contributed by atoms with van der Waals surface area (Å²) in [7, 11) is 1.91. The molecule has 0 saturated heterocycles. The Hall–Kier alpha value is -1.17. The molecule has 2 aromatic rings. The topological polar surface area (TPSA) is 54.0 Å². The molecule has 0 aliphatic carbocycles. The van der Waals surface area contributed by atoms with E-state index in [1.807, 2.05) is 25.2 Å². The van der Waals surface area contributed by atoms with Gasteiger partial charge in [0, 0.05) is 30.5 Å². The Morgan fingerprint density at radius 2 is 2.22 bits per heavy atom. The maximum absolute atomic E-state index is 12.2. The third-order valence-corrected chi connectivity index (χ3v) is 5.37. The third-order valence-electron chi connectivity index (χ3n) is 4.06. The normalized spacial score (nSPS) is 13.9. The number of amides is 1. The Labute approximate surface area is 146 Å². The highest BCUT2D eigenvalue weighted by Gasteiger charge is 2.17. The van der Waals surface area contributed by atoms with E-state index in [4.69, 9.17) is 11.6 Å². The molecule has 2 N–H and O–H groups in total. The van der Waals surface area contributed by atoms with Crippen LogP contribution in [-0.2, 0) is 11.2 Å². The number of thiazole rings is 1. The highest BCUT2D eigenvalue weighted by atomic mass is 35.5. The maximum atomic E-state index is 12.2. The number of hydrogen-bond donors (Lipinski definition) is 2. The zero-order chi connectivity index (χ0) is 16.8. The van der Waals surface area contributed by atoms with Crippen LogP contribution in [0.4, 0.5) is 0 Å². The average Bonchev–Trinajstić information content (AvgIpc) is 2.93. The lowest BCUT2D eigenvalue weighted by Gasteiger charge is -2.24. The summed E-state index contributed by atoms with van der Waals surface area (Å²) in [6, 6.07) is 5.86.